The Morgan fingerprint density at radius 2 is 2.15 bits per heavy atom. The minimum absolute atomic E-state index is 0.190. The van der Waals surface area contributed by atoms with Gasteiger partial charge in [-0.15, -0.1) is 0 Å². The minimum atomic E-state index is -0.190. The Hall–Kier alpha value is -0.190. The zero-order valence-corrected chi connectivity index (χ0v) is 8.99. The highest BCUT2D eigenvalue weighted by Gasteiger charge is 2.38. The predicted molar refractivity (Wildman–Crippen MR) is 52.1 cm³/mol. The molecule has 0 aliphatic heterocycles. The summed E-state index contributed by atoms with van der Waals surface area (Å²) in [5.41, 5.74) is -0.190. The third-order valence-electron chi connectivity index (χ3n) is 2.59. The van der Waals surface area contributed by atoms with Gasteiger partial charge >= 0.3 is 0 Å². The highest BCUT2D eigenvalue weighted by molar-refractivity contribution is 7.05. The predicted octanol–water partition coefficient (Wildman–Crippen LogP) is 2.61. The number of nitrogens with zero attached hydrogens (tertiary/aromatic N) is 2. The Balaban J connectivity index is 2.30. The van der Waals surface area contributed by atoms with E-state index in [9.17, 15) is 0 Å². The summed E-state index contributed by atoms with van der Waals surface area (Å²) in [4.78, 5) is 4.18. The van der Waals surface area contributed by atoms with E-state index in [-0.39, 0.29) is 5.60 Å². The number of hydrogen-bond acceptors (Lipinski definition) is 4. The molecule has 0 amide bonds. The van der Waals surface area contributed by atoms with Crippen molar-refractivity contribution in [1.29, 1.82) is 0 Å². The van der Waals surface area contributed by atoms with E-state index in [1.807, 2.05) is 0 Å². The summed E-state index contributed by atoms with van der Waals surface area (Å²) in [5.74, 6) is 0. The molecule has 1 saturated carbocycles. The molecule has 0 atom stereocenters. The average molecular weight is 219 g/mol. The summed E-state index contributed by atoms with van der Waals surface area (Å²) in [5, 5.41) is 1.26. The first-order valence-corrected chi connectivity index (χ1v) is 5.47. The quantitative estimate of drug-likeness (QED) is 0.766. The van der Waals surface area contributed by atoms with Crippen LogP contribution in [0.5, 0.6) is 0 Å². The molecule has 0 saturated heterocycles. The molecule has 1 aromatic rings. The molecule has 13 heavy (non-hydrogen) atoms. The molecule has 1 aliphatic carbocycles. The molecule has 1 aliphatic rings. The number of ether oxygens (including phenoxy) is 1. The van der Waals surface area contributed by atoms with Gasteiger partial charge in [-0.3, -0.25) is 0 Å². The van der Waals surface area contributed by atoms with Crippen LogP contribution in [-0.4, -0.2) is 16.5 Å². The third kappa shape index (κ3) is 1.58. The lowest BCUT2D eigenvalue weighted by atomic mass is 10.0. The van der Waals surface area contributed by atoms with Crippen molar-refractivity contribution in [3.05, 3.63) is 10.3 Å². The Morgan fingerprint density at radius 1 is 1.46 bits per heavy atom. The van der Waals surface area contributed by atoms with Crippen LogP contribution in [0.1, 0.15) is 30.7 Å². The fraction of sp³-hybridized carbons (Fsp3) is 0.750. The summed E-state index contributed by atoms with van der Waals surface area (Å²) in [7, 11) is 1.74. The van der Waals surface area contributed by atoms with Crippen LogP contribution in [0, 0.1) is 0 Å². The maximum atomic E-state index is 5.69. The highest BCUT2D eigenvalue weighted by atomic mass is 35.5. The van der Waals surface area contributed by atoms with Crippen LogP contribution in [-0.2, 0) is 10.3 Å². The number of rotatable bonds is 2. The molecular weight excluding hydrogens is 208 g/mol. The molecule has 0 radical (unpaired) electrons. The molecule has 0 N–H and O–H groups in total. The molecule has 5 heteroatoms. The van der Waals surface area contributed by atoms with Crippen LogP contribution in [0.15, 0.2) is 0 Å². The maximum absolute atomic E-state index is 5.69. The number of methoxy groups -OCH3 is 1. The van der Waals surface area contributed by atoms with Gasteiger partial charge in [0.05, 0.1) is 0 Å². The van der Waals surface area contributed by atoms with Gasteiger partial charge < -0.3 is 4.74 Å². The SMILES string of the molecule is COC1(c2nc(Cl)ns2)CCCC1. The Morgan fingerprint density at radius 3 is 2.62 bits per heavy atom. The smallest absolute Gasteiger partial charge is 0.234 e. The molecule has 0 spiro atoms. The molecular formula is C8H11ClN2OS. The van der Waals surface area contributed by atoms with E-state index in [2.05, 4.69) is 9.36 Å². The van der Waals surface area contributed by atoms with E-state index in [0.717, 1.165) is 17.8 Å². The van der Waals surface area contributed by atoms with Crippen LogP contribution in [0.4, 0.5) is 0 Å². The van der Waals surface area contributed by atoms with Crippen LogP contribution in [0.25, 0.3) is 0 Å². The molecule has 2 rings (SSSR count). The van der Waals surface area contributed by atoms with Crippen molar-refractivity contribution >= 4 is 23.1 Å². The van der Waals surface area contributed by atoms with E-state index in [1.54, 1.807) is 7.11 Å². The topological polar surface area (TPSA) is 35.0 Å². The van der Waals surface area contributed by atoms with Crippen LogP contribution in [0.2, 0.25) is 5.28 Å². The van der Waals surface area contributed by atoms with Crippen molar-refractivity contribution in [2.75, 3.05) is 7.11 Å². The molecule has 3 nitrogen and oxygen atoms in total. The van der Waals surface area contributed by atoms with Gasteiger partial charge in [-0.2, -0.15) is 4.37 Å². The van der Waals surface area contributed by atoms with Gasteiger partial charge in [-0.1, -0.05) is 12.8 Å². The van der Waals surface area contributed by atoms with Gasteiger partial charge in [0.2, 0.25) is 5.28 Å². The summed E-state index contributed by atoms with van der Waals surface area (Å²) in [6, 6.07) is 0. The average Bonchev–Trinajstić information content (AvgIpc) is 2.73. The van der Waals surface area contributed by atoms with Gasteiger partial charge in [-0.25, -0.2) is 4.98 Å². The van der Waals surface area contributed by atoms with E-state index in [1.165, 1.54) is 24.4 Å². The Kier molecular flexibility index (Phi) is 2.53. The first-order valence-electron chi connectivity index (χ1n) is 4.32. The number of aromatic nitrogens is 2. The van der Waals surface area contributed by atoms with Crippen molar-refractivity contribution < 1.29 is 4.74 Å². The van der Waals surface area contributed by atoms with Gasteiger partial charge in [-0.05, 0) is 36.0 Å². The lowest BCUT2D eigenvalue weighted by Crippen LogP contribution is -2.23. The monoisotopic (exact) mass is 218 g/mol. The second kappa shape index (κ2) is 3.52. The van der Waals surface area contributed by atoms with E-state index in [4.69, 9.17) is 16.3 Å². The molecule has 1 aromatic heterocycles. The first-order chi connectivity index (χ1) is 6.27. The van der Waals surface area contributed by atoms with Crippen molar-refractivity contribution in [2.45, 2.75) is 31.3 Å². The molecule has 0 aromatic carbocycles. The van der Waals surface area contributed by atoms with Crippen molar-refractivity contribution in [3.63, 3.8) is 0 Å². The fourth-order valence-electron chi connectivity index (χ4n) is 1.84. The standard InChI is InChI=1S/C8H11ClN2OS/c1-12-8(4-2-3-5-8)6-10-7(9)11-13-6/h2-5H2,1H3. The van der Waals surface area contributed by atoms with Gasteiger partial charge in [0.15, 0.2) is 0 Å². The second-order valence-corrected chi connectivity index (χ2v) is 4.36. The summed E-state index contributed by atoms with van der Waals surface area (Å²) >= 11 is 7.04. The van der Waals surface area contributed by atoms with Crippen LogP contribution >= 0.6 is 23.1 Å². The summed E-state index contributed by atoms with van der Waals surface area (Å²) in [6.07, 6.45) is 4.47. The first kappa shape index (κ1) is 9.37. The number of hydrogen-bond donors (Lipinski definition) is 0. The largest absolute Gasteiger partial charge is 0.371 e. The van der Waals surface area contributed by atoms with Gasteiger partial charge in [0, 0.05) is 7.11 Å². The van der Waals surface area contributed by atoms with Crippen molar-refractivity contribution in [3.8, 4) is 0 Å². The van der Waals surface area contributed by atoms with Crippen molar-refractivity contribution in [2.24, 2.45) is 0 Å². The van der Waals surface area contributed by atoms with E-state index >= 15 is 0 Å². The fourth-order valence-corrected chi connectivity index (χ4v) is 2.86. The zero-order valence-electron chi connectivity index (χ0n) is 7.42. The minimum Gasteiger partial charge on any atom is -0.371 e. The van der Waals surface area contributed by atoms with Gasteiger partial charge in [0.25, 0.3) is 0 Å². The van der Waals surface area contributed by atoms with Gasteiger partial charge in [0.1, 0.15) is 10.6 Å². The normalized spacial score (nSPS) is 20.8. The molecule has 0 bridgehead atoms. The number of halogens is 1. The summed E-state index contributed by atoms with van der Waals surface area (Å²) < 4.78 is 9.52. The van der Waals surface area contributed by atoms with E-state index in [0.29, 0.717) is 5.28 Å². The van der Waals surface area contributed by atoms with Crippen LogP contribution in [0.3, 0.4) is 0 Å². The lowest BCUT2D eigenvalue weighted by Gasteiger charge is -2.23. The highest BCUT2D eigenvalue weighted by Crippen LogP contribution is 2.42. The Labute approximate surface area is 86.3 Å². The van der Waals surface area contributed by atoms with Crippen LogP contribution < -0.4 is 0 Å². The van der Waals surface area contributed by atoms with E-state index < -0.39 is 0 Å². The second-order valence-electron chi connectivity index (χ2n) is 3.27. The molecule has 0 unspecified atom stereocenters. The zero-order chi connectivity index (χ0) is 9.31. The lowest BCUT2D eigenvalue weighted by molar-refractivity contribution is -0.00884. The Bertz CT molecular complexity index is 296. The van der Waals surface area contributed by atoms with Crippen molar-refractivity contribution in [1.82, 2.24) is 9.36 Å². The third-order valence-corrected chi connectivity index (χ3v) is 3.76. The molecule has 72 valence electrons. The maximum Gasteiger partial charge on any atom is 0.234 e. The molecule has 1 fully saturated rings. The summed E-state index contributed by atoms with van der Waals surface area (Å²) in [6.45, 7) is 0. The molecule has 1 heterocycles.